The number of fused-ring (bicyclic) bond motifs is 1. The molecule has 2 N–H and O–H groups in total. The molecule has 166 valence electrons. The fraction of sp³-hybridized carbons (Fsp3) is 0.350. The van der Waals surface area contributed by atoms with Gasteiger partial charge in [-0.15, -0.1) is 0 Å². The molecular weight excluding hydrogens is 442 g/mol. The Morgan fingerprint density at radius 1 is 0.871 bits per heavy atom. The van der Waals surface area contributed by atoms with Gasteiger partial charge >= 0.3 is 0 Å². The number of carbonyl (C=O) groups is 1. The van der Waals surface area contributed by atoms with Crippen LogP contribution in [0, 0.1) is 0 Å². The molecule has 0 bridgehead atoms. The molecule has 0 radical (unpaired) electrons. The van der Waals surface area contributed by atoms with Gasteiger partial charge in [0.15, 0.2) is 0 Å². The van der Waals surface area contributed by atoms with E-state index in [1.54, 1.807) is 6.07 Å². The van der Waals surface area contributed by atoms with Gasteiger partial charge in [-0.1, -0.05) is 24.3 Å². The minimum atomic E-state index is -4.08. The summed E-state index contributed by atoms with van der Waals surface area (Å²) >= 11 is 0. The summed E-state index contributed by atoms with van der Waals surface area (Å²) in [5.74, 6) is -0.732. The van der Waals surface area contributed by atoms with Gasteiger partial charge < -0.3 is 10.5 Å². The lowest BCUT2D eigenvalue weighted by molar-refractivity contribution is -0.122. The summed E-state index contributed by atoms with van der Waals surface area (Å²) in [4.78, 5) is 11.9. The number of hydrogen-bond donors (Lipinski definition) is 1. The molecule has 31 heavy (non-hydrogen) atoms. The van der Waals surface area contributed by atoms with Crippen LogP contribution in [0.25, 0.3) is 0 Å². The zero-order valence-electron chi connectivity index (χ0n) is 16.7. The number of amides is 1. The van der Waals surface area contributed by atoms with Crippen molar-refractivity contribution in [3.8, 4) is 0 Å². The van der Waals surface area contributed by atoms with Crippen molar-refractivity contribution in [3.63, 3.8) is 0 Å². The van der Waals surface area contributed by atoms with Crippen molar-refractivity contribution in [2.45, 2.75) is 28.8 Å². The number of primary amides is 1. The molecular formula is C20H23N3O6S2. The first-order chi connectivity index (χ1) is 14.7. The molecule has 2 heterocycles. The van der Waals surface area contributed by atoms with Gasteiger partial charge in [-0.05, 0) is 41.8 Å². The van der Waals surface area contributed by atoms with E-state index in [0.29, 0.717) is 13.2 Å². The molecule has 1 fully saturated rings. The van der Waals surface area contributed by atoms with Crippen molar-refractivity contribution in [1.29, 1.82) is 0 Å². The molecule has 1 saturated heterocycles. The fourth-order valence-corrected chi connectivity index (χ4v) is 6.83. The van der Waals surface area contributed by atoms with Gasteiger partial charge in [0, 0.05) is 19.6 Å². The Bertz CT molecular complexity index is 1190. The largest absolute Gasteiger partial charge is 0.379 e. The third-order valence-electron chi connectivity index (χ3n) is 5.57. The molecule has 2 aliphatic rings. The third kappa shape index (κ3) is 4.11. The van der Waals surface area contributed by atoms with Gasteiger partial charge in [-0.3, -0.25) is 4.79 Å². The first kappa shape index (κ1) is 21.9. The first-order valence-corrected chi connectivity index (χ1v) is 12.6. The van der Waals surface area contributed by atoms with Gasteiger partial charge in [0.05, 0.1) is 23.0 Å². The molecule has 0 aromatic heterocycles. The van der Waals surface area contributed by atoms with Crippen molar-refractivity contribution >= 4 is 26.0 Å². The number of nitrogens with zero attached hydrogens (tertiary/aromatic N) is 2. The zero-order valence-corrected chi connectivity index (χ0v) is 18.3. The highest BCUT2D eigenvalue weighted by Crippen LogP contribution is 2.29. The average Bonchev–Trinajstić information content (AvgIpc) is 2.78. The summed E-state index contributed by atoms with van der Waals surface area (Å²) in [6.07, 6.45) is 0.189. The van der Waals surface area contributed by atoms with Crippen molar-refractivity contribution in [3.05, 3.63) is 59.7 Å². The van der Waals surface area contributed by atoms with Crippen molar-refractivity contribution in [2.24, 2.45) is 5.73 Å². The lowest BCUT2D eigenvalue weighted by Crippen LogP contribution is -2.51. The highest BCUT2D eigenvalue weighted by atomic mass is 32.2. The molecule has 1 amide bonds. The zero-order chi connectivity index (χ0) is 22.2. The van der Waals surface area contributed by atoms with Gasteiger partial charge in [0.2, 0.25) is 26.0 Å². The Labute approximate surface area is 181 Å². The molecule has 4 rings (SSSR count). The second kappa shape index (κ2) is 8.32. The first-order valence-electron chi connectivity index (χ1n) is 9.77. The van der Waals surface area contributed by atoms with Crippen LogP contribution in [0.15, 0.2) is 58.3 Å². The topological polar surface area (TPSA) is 127 Å². The maximum atomic E-state index is 13.3. The van der Waals surface area contributed by atoms with Crippen LogP contribution in [-0.4, -0.2) is 63.7 Å². The monoisotopic (exact) mass is 465 g/mol. The molecule has 2 aromatic rings. The number of hydrogen-bond acceptors (Lipinski definition) is 6. The molecule has 11 heteroatoms. The summed E-state index contributed by atoms with van der Waals surface area (Å²) in [5, 5.41) is 0. The maximum Gasteiger partial charge on any atom is 0.244 e. The van der Waals surface area contributed by atoms with E-state index in [1.165, 1.54) is 28.6 Å². The Hall–Kier alpha value is -2.31. The number of ether oxygens (including phenoxy) is 1. The Morgan fingerprint density at radius 2 is 1.42 bits per heavy atom. The molecule has 0 unspecified atom stereocenters. The van der Waals surface area contributed by atoms with E-state index in [9.17, 15) is 21.6 Å². The molecule has 2 aromatic carbocycles. The summed E-state index contributed by atoms with van der Waals surface area (Å²) in [6.45, 7) is 1.14. The number of rotatable bonds is 5. The quantitative estimate of drug-likeness (QED) is 0.677. The summed E-state index contributed by atoms with van der Waals surface area (Å²) < 4.78 is 59.8. The molecule has 9 nitrogen and oxygen atoms in total. The predicted octanol–water partition coefficient (Wildman–Crippen LogP) is 0.308. The van der Waals surface area contributed by atoms with Crippen molar-refractivity contribution in [1.82, 2.24) is 8.61 Å². The van der Waals surface area contributed by atoms with Gasteiger partial charge in [-0.2, -0.15) is 8.61 Å². The van der Waals surface area contributed by atoms with E-state index in [4.69, 9.17) is 10.5 Å². The summed E-state index contributed by atoms with van der Waals surface area (Å²) in [5.41, 5.74) is 7.19. The minimum Gasteiger partial charge on any atom is -0.379 e. The van der Waals surface area contributed by atoms with E-state index in [1.807, 2.05) is 18.2 Å². The van der Waals surface area contributed by atoms with E-state index < -0.39 is 32.0 Å². The Kier molecular flexibility index (Phi) is 5.88. The standard InChI is InChI=1S/C20H23N3O6S2/c21-20(24)19-13-15-3-1-2-4-16(15)14-23(19)31(27,28)18-7-5-17(6-8-18)30(25,26)22-9-11-29-12-10-22/h1-8,19H,9-14H2,(H2,21,24)/t19-/m1/s1. The normalized spacial score (nSPS) is 20.8. The maximum absolute atomic E-state index is 13.3. The lowest BCUT2D eigenvalue weighted by atomic mass is 9.96. The van der Waals surface area contributed by atoms with Crippen LogP contribution >= 0.6 is 0 Å². The van der Waals surface area contributed by atoms with E-state index in [0.717, 1.165) is 15.4 Å². The smallest absolute Gasteiger partial charge is 0.244 e. The second-order valence-corrected chi connectivity index (χ2v) is 11.3. The van der Waals surface area contributed by atoms with Crippen molar-refractivity contribution < 1.29 is 26.4 Å². The number of sulfonamides is 2. The summed E-state index contributed by atoms with van der Waals surface area (Å²) in [6, 6.07) is 11.3. The SMILES string of the molecule is NC(=O)[C@H]1Cc2ccccc2CN1S(=O)(=O)c1ccc(S(=O)(=O)N2CCOCC2)cc1. The van der Waals surface area contributed by atoms with Crippen LogP contribution in [0.5, 0.6) is 0 Å². The van der Waals surface area contributed by atoms with E-state index in [2.05, 4.69) is 0 Å². The lowest BCUT2D eigenvalue weighted by Gasteiger charge is -2.34. The van der Waals surface area contributed by atoms with Crippen molar-refractivity contribution in [2.75, 3.05) is 26.3 Å². The van der Waals surface area contributed by atoms with Crippen LogP contribution in [0.3, 0.4) is 0 Å². The van der Waals surface area contributed by atoms with E-state index in [-0.39, 0.29) is 35.8 Å². The number of carbonyl (C=O) groups excluding carboxylic acids is 1. The third-order valence-corrected chi connectivity index (χ3v) is 9.35. The predicted molar refractivity (Wildman–Crippen MR) is 112 cm³/mol. The van der Waals surface area contributed by atoms with Crippen LogP contribution in [0.2, 0.25) is 0 Å². The Morgan fingerprint density at radius 3 is 2.00 bits per heavy atom. The fourth-order valence-electron chi connectivity index (χ4n) is 3.85. The molecule has 0 saturated carbocycles. The number of nitrogens with two attached hydrogens (primary N) is 1. The molecule has 0 spiro atoms. The van der Waals surface area contributed by atoms with Crippen LogP contribution in [0.4, 0.5) is 0 Å². The average molecular weight is 466 g/mol. The van der Waals surface area contributed by atoms with E-state index >= 15 is 0 Å². The Balaban J connectivity index is 1.65. The summed E-state index contributed by atoms with van der Waals surface area (Å²) in [7, 11) is -7.82. The van der Waals surface area contributed by atoms with Gasteiger partial charge in [-0.25, -0.2) is 16.8 Å². The van der Waals surface area contributed by atoms with Gasteiger partial charge in [0.1, 0.15) is 6.04 Å². The number of benzene rings is 2. The second-order valence-electron chi connectivity index (χ2n) is 7.43. The van der Waals surface area contributed by atoms with Gasteiger partial charge in [0.25, 0.3) is 0 Å². The molecule has 2 aliphatic heterocycles. The molecule has 0 aliphatic carbocycles. The van der Waals surface area contributed by atoms with Crippen LogP contribution in [-0.2, 0) is 42.5 Å². The molecule has 1 atom stereocenters. The van der Waals surface area contributed by atoms with Crippen LogP contribution < -0.4 is 5.73 Å². The number of morpholine rings is 1. The minimum absolute atomic E-state index is 0.00351. The van der Waals surface area contributed by atoms with Crippen LogP contribution in [0.1, 0.15) is 11.1 Å². The highest BCUT2D eigenvalue weighted by molar-refractivity contribution is 7.89. The highest BCUT2D eigenvalue weighted by Gasteiger charge is 2.38.